The third-order valence-corrected chi connectivity index (χ3v) is 6.16. The number of rotatable bonds is 10. The molecule has 2 aromatic rings. The Kier molecular flexibility index (Phi) is 9.66. The van der Waals surface area contributed by atoms with Gasteiger partial charge in [-0.2, -0.15) is 0 Å². The van der Waals surface area contributed by atoms with E-state index >= 15 is 0 Å². The third kappa shape index (κ3) is 7.69. The fourth-order valence-corrected chi connectivity index (χ4v) is 4.11. The lowest BCUT2D eigenvalue weighted by Crippen LogP contribution is -2.45. The van der Waals surface area contributed by atoms with Crippen LogP contribution in [0.5, 0.6) is 5.75 Å². The van der Waals surface area contributed by atoms with Gasteiger partial charge in [0.15, 0.2) is 0 Å². The van der Waals surface area contributed by atoms with Crippen LogP contribution in [0.1, 0.15) is 45.5 Å². The maximum absolute atomic E-state index is 12.7. The van der Waals surface area contributed by atoms with Crippen LogP contribution in [-0.2, 0) is 16.1 Å². The molecule has 0 saturated carbocycles. The summed E-state index contributed by atoms with van der Waals surface area (Å²) >= 11 is 6.22. The Hall–Kier alpha value is -3.63. The number of phenols is 1. The van der Waals surface area contributed by atoms with E-state index in [4.69, 9.17) is 11.6 Å². The van der Waals surface area contributed by atoms with Gasteiger partial charge in [-0.05, 0) is 61.7 Å². The summed E-state index contributed by atoms with van der Waals surface area (Å²) in [6.07, 6.45) is 1.69. The Morgan fingerprint density at radius 2 is 1.89 bits per heavy atom. The number of piperidine rings is 1. The second-order valence-electron chi connectivity index (χ2n) is 8.53. The fraction of sp³-hybridized carbons (Fsp3) is 0.360. The van der Waals surface area contributed by atoms with Crippen molar-refractivity contribution in [3.63, 3.8) is 0 Å². The van der Waals surface area contributed by atoms with Gasteiger partial charge < -0.3 is 31.5 Å². The molecule has 2 atom stereocenters. The van der Waals surface area contributed by atoms with Crippen molar-refractivity contribution in [1.82, 2.24) is 21.3 Å². The van der Waals surface area contributed by atoms with Crippen LogP contribution in [0.4, 0.5) is 0 Å². The van der Waals surface area contributed by atoms with Crippen molar-refractivity contribution in [2.45, 2.75) is 31.8 Å². The average Bonchev–Trinajstić information content (AvgIpc) is 2.86. The highest BCUT2D eigenvalue weighted by Gasteiger charge is 2.24. The van der Waals surface area contributed by atoms with Crippen molar-refractivity contribution >= 4 is 35.3 Å². The Morgan fingerprint density at radius 1 is 1.08 bits per heavy atom. The highest BCUT2D eigenvalue weighted by atomic mass is 35.5. The first-order valence-electron chi connectivity index (χ1n) is 11.6. The van der Waals surface area contributed by atoms with Crippen LogP contribution in [0.15, 0.2) is 42.5 Å². The van der Waals surface area contributed by atoms with Crippen molar-refractivity contribution in [3.8, 4) is 5.75 Å². The number of phenolic OH excluding ortho intramolecular Hbond substituents is 1. The zero-order valence-corrected chi connectivity index (χ0v) is 20.3. The number of hydrogen-bond acceptors (Lipinski definition) is 6. The van der Waals surface area contributed by atoms with E-state index in [1.54, 1.807) is 12.1 Å². The molecule has 6 N–H and O–H groups in total. The molecule has 1 aliphatic heterocycles. The number of carboxylic acid groups (broad SMARTS) is 1. The van der Waals surface area contributed by atoms with Gasteiger partial charge in [0.1, 0.15) is 11.8 Å². The topological polar surface area (TPSA) is 157 Å². The summed E-state index contributed by atoms with van der Waals surface area (Å²) in [6.45, 7) is 1.75. The first-order chi connectivity index (χ1) is 17.2. The molecule has 1 fully saturated rings. The molecule has 1 heterocycles. The van der Waals surface area contributed by atoms with Gasteiger partial charge in [-0.25, -0.2) is 4.79 Å². The molecular formula is C25H29ClN4O6. The lowest BCUT2D eigenvalue weighted by Gasteiger charge is -2.22. The molecule has 10 nitrogen and oxygen atoms in total. The molecule has 0 aliphatic carbocycles. The van der Waals surface area contributed by atoms with Gasteiger partial charge in [0.05, 0.1) is 16.5 Å². The van der Waals surface area contributed by atoms with E-state index in [1.807, 2.05) is 0 Å². The molecule has 3 rings (SSSR count). The number of carboxylic acids is 1. The Labute approximate surface area is 213 Å². The summed E-state index contributed by atoms with van der Waals surface area (Å²) in [6, 6.07) is 9.30. The van der Waals surface area contributed by atoms with Crippen LogP contribution in [0.3, 0.4) is 0 Å². The minimum atomic E-state index is -1.24. The molecule has 2 aromatic carbocycles. The Bertz CT molecular complexity index is 1120. The van der Waals surface area contributed by atoms with Gasteiger partial charge in [0.2, 0.25) is 5.91 Å². The number of carbonyl (C=O) groups excluding carboxylic acids is 3. The normalized spacial score (nSPS) is 16.0. The van der Waals surface area contributed by atoms with Crippen molar-refractivity contribution in [3.05, 3.63) is 64.2 Å². The van der Waals surface area contributed by atoms with E-state index in [2.05, 4.69) is 21.3 Å². The quantitative estimate of drug-likeness (QED) is 0.280. The molecule has 192 valence electrons. The van der Waals surface area contributed by atoms with Crippen molar-refractivity contribution < 1.29 is 29.4 Å². The predicted octanol–water partition coefficient (Wildman–Crippen LogP) is 1.66. The summed E-state index contributed by atoms with van der Waals surface area (Å²) in [5, 5.41) is 30.0. The van der Waals surface area contributed by atoms with E-state index in [-0.39, 0.29) is 53.2 Å². The zero-order valence-electron chi connectivity index (χ0n) is 19.6. The molecule has 0 bridgehead atoms. The van der Waals surface area contributed by atoms with Gasteiger partial charge in [0, 0.05) is 25.2 Å². The largest absolute Gasteiger partial charge is 0.508 e. The molecule has 1 aliphatic rings. The fourth-order valence-electron chi connectivity index (χ4n) is 3.84. The van der Waals surface area contributed by atoms with Crippen molar-refractivity contribution in [2.75, 3.05) is 19.6 Å². The minimum absolute atomic E-state index is 0.000110. The van der Waals surface area contributed by atoms with Crippen LogP contribution in [-0.4, -0.2) is 59.6 Å². The monoisotopic (exact) mass is 516 g/mol. The van der Waals surface area contributed by atoms with Gasteiger partial charge in [-0.1, -0.05) is 23.7 Å². The van der Waals surface area contributed by atoms with E-state index in [0.29, 0.717) is 12.1 Å². The molecule has 3 amide bonds. The van der Waals surface area contributed by atoms with Crippen LogP contribution < -0.4 is 21.3 Å². The predicted molar refractivity (Wildman–Crippen MR) is 133 cm³/mol. The van der Waals surface area contributed by atoms with Gasteiger partial charge >= 0.3 is 5.97 Å². The number of aromatic hydroxyl groups is 1. The van der Waals surface area contributed by atoms with Crippen LogP contribution in [0.2, 0.25) is 5.02 Å². The molecular weight excluding hydrogens is 488 g/mol. The molecule has 0 radical (unpaired) electrons. The van der Waals surface area contributed by atoms with E-state index in [1.165, 1.54) is 30.3 Å². The molecule has 0 aromatic heterocycles. The van der Waals surface area contributed by atoms with Gasteiger partial charge in [0.25, 0.3) is 11.8 Å². The number of amides is 3. The summed E-state index contributed by atoms with van der Waals surface area (Å²) in [5.74, 6) is -2.58. The number of halogens is 1. The summed E-state index contributed by atoms with van der Waals surface area (Å²) in [4.78, 5) is 49.0. The molecule has 11 heteroatoms. The summed E-state index contributed by atoms with van der Waals surface area (Å²) in [5.41, 5.74) is 0.938. The lowest BCUT2D eigenvalue weighted by molar-refractivity contribution is -0.139. The standard InChI is InChI=1S/C25H29ClN4O6/c26-20-12-16(22(32)29-13-15-3-1-5-18(31)11-15)6-7-19(20)24(34)30-21(25(35)36)8-10-28-23(33)17-4-2-9-27-14-17/h1,3,5-7,11-12,17,21,27,31H,2,4,8-10,13-14H2,(H,28,33)(H,29,32)(H,30,34)(H,35,36)/t17?,21-/m0/s1. The highest BCUT2D eigenvalue weighted by Crippen LogP contribution is 2.19. The number of nitrogens with one attached hydrogen (secondary N) is 4. The number of benzene rings is 2. The van der Waals surface area contributed by atoms with Gasteiger partial charge in [-0.15, -0.1) is 0 Å². The van der Waals surface area contributed by atoms with Crippen LogP contribution in [0.25, 0.3) is 0 Å². The second-order valence-corrected chi connectivity index (χ2v) is 8.94. The van der Waals surface area contributed by atoms with Gasteiger partial charge in [-0.3, -0.25) is 14.4 Å². The Balaban J connectivity index is 1.53. The van der Waals surface area contributed by atoms with Crippen molar-refractivity contribution in [2.24, 2.45) is 5.92 Å². The molecule has 0 spiro atoms. The third-order valence-electron chi connectivity index (χ3n) is 5.84. The summed E-state index contributed by atoms with van der Waals surface area (Å²) < 4.78 is 0. The maximum Gasteiger partial charge on any atom is 0.326 e. The Morgan fingerprint density at radius 3 is 2.56 bits per heavy atom. The smallest absolute Gasteiger partial charge is 0.326 e. The maximum atomic E-state index is 12.7. The van der Waals surface area contributed by atoms with E-state index in [0.717, 1.165) is 19.4 Å². The zero-order chi connectivity index (χ0) is 26.1. The highest BCUT2D eigenvalue weighted by molar-refractivity contribution is 6.34. The summed E-state index contributed by atoms with van der Waals surface area (Å²) in [7, 11) is 0. The first kappa shape index (κ1) is 27.0. The second kappa shape index (κ2) is 12.9. The van der Waals surface area contributed by atoms with Crippen LogP contribution in [0, 0.1) is 5.92 Å². The number of carbonyl (C=O) groups is 4. The SMILES string of the molecule is O=C(NCc1cccc(O)c1)c1ccc(C(=O)N[C@@H](CCNC(=O)C2CCCNC2)C(=O)O)c(Cl)c1. The molecule has 1 saturated heterocycles. The molecule has 36 heavy (non-hydrogen) atoms. The van der Waals surface area contributed by atoms with Crippen molar-refractivity contribution in [1.29, 1.82) is 0 Å². The number of hydrogen-bond donors (Lipinski definition) is 6. The lowest BCUT2D eigenvalue weighted by atomic mass is 9.99. The first-order valence-corrected chi connectivity index (χ1v) is 12.0. The minimum Gasteiger partial charge on any atom is -0.508 e. The van der Waals surface area contributed by atoms with Crippen LogP contribution >= 0.6 is 11.6 Å². The van der Waals surface area contributed by atoms with E-state index < -0.39 is 23.8 Å². The van der Waals surface area contributed by atoms with E-state index in [9.17, 15) is 29.4 Å². The molecule has 1 unspecified atom stereocenters. The average molecular weight is 517 g/mol. The number of aliphatic carboxylic acids is 1.